The number of hydrogen-bond acceptors (Lipinski definition) is 4. The summed E-state index contributed by atoms with van der Waals surface area (Å²) in [7, 11) is 0. The zero-order chi connectivity index (χ0) is 23.4. The van der Waals surface area contributed by atoms with Gasteiger partial charge in [-0.25, -0.2) is 0 Å². The Balaban J connectivity index is 1.59. The Morgan fingerprint density at radius 2 is 1.67 bits per heavy atom. The van der Waals surface area contributed by atoms with E-state index in [2.05, 4.69) is 33.0 Å². The van der Waals surface area contributed by atoms with Gasteiger partial charge in [0.15, 0.2) is 0 Å². The molecule has 0 radical (unpaired) electrons. The molecule has 1 amide bonds. The summed E-state index contributed by atoms with van der Waals surface area (Å²) < 4.78 is 40.6. The molecule has 0 saturated heterocycles. The first-order chi connectivity index (χ1) is 15.8. The van der Waals surface area contributed by atoms with Gasteiger partial charge in [0.25, 0.3) is 0 Å². The summed E-state index contributed by atoms with van der Waals surface area (Å²) in [4.78, 5) is 17.0. The molecule has 0 aromatic heterocycles. The standard InChI is InChI=1S/C25H14F3N3O2/c26-25(27,28)33-20-9-6-16(7-10-20)4-5-17-8-11-21-23(13-17)31-24(32)14-22(30-21)19-3-1-2-18(12-19)15-29/h1-3,6-13H,14H2,(H,31,32). The van der Waals surface area contributed by atoms with Crippen molar-refractivity contribution >= 4 is 23.0 Å². The Morgan fingerprint density at radius 1 is 0.939 bits per heavy atom. The fraction of sp³-hybridized carbons (Fsp3) is 0.0800. The predicted molar refractivity (Wildman–Crippen MR) is 116 cm³/mol. The van der Waals surface area contributed by atoms with E-state index in [0.717, 1.165) is 0 Å². The quantitative estimate of drug-likeness (QED) is 0.543. The van der Waals surface area contributed by atoms with Crippen LogP contribution in [0.4, 0.5) is 24.5 Å². The number of anilines is 1. The molecule has 0 fully saturated rings. The van der Waals surface area contributed by atoms with Crippen molar-refractivity contribution in [3.05, 3.63) is 89.0 Å². The Morgan fingerprint density at radius 3 is 2.39 bits per heavy atom. The lowest BCUT2D eigenvalue weighted by Gasteiger charge is -2.08. The highest BCUT2D eigenvalue weighted by molar-refractivity contribution is 6.17. The van der Waals surface area contributed by atoms with Crippen molar-refractivity contribution in [1.82, 2.24) is 0 Å². The SMILES string of the molecule is N#Cc1cccc(C2=Nc3ccc(C#Cc4ccc(OC(F)(F)F)cc4)cc3NC(=O)C2)c1. The van der Waals surface area contributed by atoms with E-state index < -0.39 is 6.36 Å². The Kier molecular flexibility index (Phi) is 5.84. The minimum atomic E-state index is -4.75. The van der Waals surface area contributed by atoms with E-state index in [1.807, 2.05) is 0 Å². The highest BCUT2D eigenvalue weighted by Gasteiger charge is 2.30. The molecule has 0 aliphatic carbocycles. The van der Waals surface area contributed by atoms with E-state index in [0.29, 0.717) is 39.3 Å². The first-order valence-electron chi connectivity index (χ1n) is 9.69. The molecule has 8 heteroatoms. The zero-order valence-corrected chi connectivity index (χ0v) is 16.9. The molecule has 0 unspecified atom stereocenters. The molecule has 1 aliphatic rings. The number of rotatable bonds is 2. The van der Waals surface area contributed by atoms with Gasteiger partial charge in [-0.3, -0.25) is 9.79 Å². The minimum Gasteiger partial charge on any atom is -0.406 e. The van der Waals surface area contributed by atoms with Crippen LogP contribution in [0.25, 0.3) is 0 Å². The fourth-order valence-corrected chi connectivity index (χ4v) is 3.16. The number of ether oxygens (including phenoxy) is 1. The summed E-state index contributed by atoms with van der Waals surface area (Å²) in [6.07, 6.45) is -4.70. The molecule has 5 nitrogen and oxygen atoms in total. The normalized spacial score (nSPS) is 12.8. The number of nitrogens with zero attached hydrogens (tertiary/aromatic N) is 2. The van der Waals surface area contributed by atoms with Gasteiger partial charge >= 0.3 is 6.36 Å². The average Bonchev–Trinajstić information content (AvgIpc) is 2.95. The molecule has 1 aliphatic heterocycles. The monoisotopic (exact) mass is 445 g/mol. The number of nitriles is 1. The van der Waals surface area contributed by atoms with Gasteiger partial charge in [0.05, 0.1) is 35.1 Å². The Bertz CT molecular complexity index is 1360. The molecule has 0 bridgehead atoms. The van der Waals surface area contributed by atoms with Crippen molar-refractivity contribution in [1.29, 1.82) is 5.26 Å². The van der Waals surface area contributed by atoms with Crippen molar-refractivity contribution in [3.8, 4) is 23.7 Å². The molecule has 162 valence electrons. The highest BCUT2D eigenvalue weighted by atomic mass is 19.4. The third kappa shape index (κ3) is 5.57. The lowest BCUT2D eigenvalue weighted by atomic mass is 10.0. The molecule has 33 heavy (non-hydrogen) atoms. The van der Waals surface area contributed by atoms with Crippen LogP contribution < -0.4 is 10.1 Å². The second-order valence-corrected chi connectivity index (χ2v) is 7.03. The smallest absolute Gasteiger partial charge is 0.406 e. The predicted octanol–water partition coefficient (Wildman–Crippen LogP) is 5.32. The van der Waals surface area contributed by atoms with Crippen LogP contribution >= 0.6 is 0 Å². The molecule has 4 rings (SSSR count). The van der Waals surface area contributed by atoms with Crippen LogP contribution in [0.3, 0.4) is 0 Å². The van der Waals surface area contributed by atoms with E-state index >= 15 is 0 Å². The number of hydrogen-bond donors (Lipinski definition) is 1. The average molecular weight is 445 g/mol. The van der Waals surface area contributed by atoms with Gasteiger partial charge in [0, 0.05) is 11.1 Å². The lowest BCUT2D eigenvalue weighted by Crippen LogP contribution is -2.16. The van der Waals surface area contributed by atoms with Crippen LogP contribution in [0.1, 0.15) is 28.7 Å². The van der Waals surface area contributed by atoms with Crippen LogP contribution in [0.15, 0.2) is 71.7 Å². The number of carbonyl (C=O) groups excluding carboxylic acids is 1. The second kappa shape index (κ2) is 8.89. The van der Waals surface area contributed by atoms with E-state index in [-0.39, 0.29) is 18.1 Å². The number of fused-ring (bicyclic) bond motifs is 1. The number of amides is 1. The van der Waals surface area contributed by atoms with E-state index in [1.165, 1.54) is 24.3 Å². The molecular weight excluding hydrogens is 431 g/mol. The van der Waals surface area contributed by atoms with Crippen LogP contribution in [-0.2, 0) is 4.79 Å². The molecule has 1 N–H and O–H groups in total. The number of carbonyl (C=O) groups is 1. The topological polar surface area (TPSA) is 74.5 Å². The first kappa shape index (κ1) is 21.7. The molecule has 3 aromatic carbocycles. The molecule has 0 atom stereocenters. The van der Waals surface area contributed by atoms with Crippen molar-refractivity contribution in [2.24, 2.45) is 4.99 Å². The summed E-state index contributed by atoms with van der Waals surface area (Å²) in [5.74, 6) is 5.22. The first-order valence-corrected chi connectivity index (χ1v) is 9.69. The number of halogens is 3. The van der Waals surface area contributed by atoms with Crippen molar-refractivity contribution in [2.75, 3.05) is 5.32 Å². The second-order valence-electron chi connectivity index (χ2n) is 7.03. The molecule has 0 saturated carbocycles. The summed E-state index contributed by atoms with van der Waals surface area (Å²) in [5, 5.41) is 11.9. The summed E-state index contributed by atoms with van der Waals surface area (Å²) in [5.41, 5.74) is 3.85. The maximum atomic E-state index is 12.4. The Hall–Kier alpha value is -4.56. The zero-order valence-electron chi connectivity index (χ0n) is 16.9. The van der Waals surface area contributed by atoms with E-state index in [4.69, 9.17) is 5.26 Å². The lowest BCUT2D eigenvalue weighted by molar-refractivity contribution is -0.274. The van der Waals surface area contributed by atoms with Gasteiger partial charge in [-0.1, -0.05) is 24.0 Å². The van der Waals surface area contributed by atoms with Crippen LogP contribution in [0.5, 0.6) is 5.75 Å². The number of benzene rings is 3. The van der Waals surface area contributed by atoms with E-state index in [1.54, 1.807) is 42.5 Å². The fourth-order valence-electron chi connectivity index (χ4n) is 3.16. The summed E-state index contributed by atoms with van der Waals surface area (Å²) >= 11 is 0. The van der Waals surface area contributed by atoms with Crippen molar-refractivity contribution in [2.45, 2.75) is 12.8 Å². The van der Waals surface area contributed by atoms with Gasteiger partial charge in [-0.2, -0.15) is 5.26 Å². The maximum Gasteiger partial charge on any atom is 0.573 e. The van der Waals surface area contributed by atoms with Gasteiger partial charge < -0.3 is 10.1 Å². The van der Waals surface area contributed by atoms with E-state index in [9.17, 15) is 18.0 Å². The van der Waals surface area contributed by atoms with Gasteiger partial charge in [-0.15, -0.1) is 13.2 Å². The number of alkyl halides is 3. The van der Waals surface area contributed by atoms with Crippen LogP contribution in [-0.4, -0.2) is 18.0 Å². The highest BCUT2D eigenvalue weighted by Crippen LogP contribution is 2.30. The number of nitrogens with one attached hydrogen (secondary N) is 1. The van der Waals surface area contributed by atoms with Gasteiger partial charge in [-0.05, 0) is 60.2 Å². The van der Waals surface area contributed by atoms with Gasteiger partial charge in [0.1, 0.15) is 5.75 Å². The van der Waals surface area contributed by atoms with Crippen LogP contribution in [0, 0.1) is 23.2 Å². The van der Waals surface area contributed by atoms with Crippen molar-refractivity contribution < 1.29 is 22.7 Å². The third-order valence-corrected chi connectivity index (χ3v) is 4.62. The Labute approximate surface area is 187 Å². The molecule has 1 heterocycles. The molecule has 0 spiro atoms. The van der Waals surface area contributed by atoms with Gasteiger partial charge in [0.2, 0.25) is 5.91 Å². The molecular formula is C25H14F3N3O2. The number of aliphatic imine (C=N–C) groups is 1. The molecule has 3 aromatic rings. The maximum absolute atomic E-state index is 12.4. The van der Waals surface area contributed by atoms with Crippen LogP contribution in [0.2, 0.25) is 0 Å². The van der Waals surface area contributed by atoms with Crippen molar-refractivity contribution in [3.63, 3.8) is 0 Å². The summed E-state index contributed by atoms with van der Waals surface area (Å²) in [6, 6.07) is 19.3. The largest absolute Gasteiger partial charge is 0.573 e. The third-order valence-electron chi connectivity index (χ3n) is 4.62. The minimum absolute atomic E-state index is 0.0525. The summed E-state index contributed by atoms with van der Waals surface area (Å²) in [6.45, 7) is 0.